The largest absolute Gasteiger partial charge is 0.497 e. The van der Waals surface area contributed by atoms with Crippen LogP contribution in [0.15, 0.2) is 24.3 Å². The van der Waals surface area contributed by atoms with Crippen molar-refractivity contribution in [2.45, 2.75) is 56.5 Å². The van der Waals surface area contributed by atoms with E-state index in [1.54, 1.807) is 7.11 Å². The summed E-state index contributed by atoms with van der Waals surface area (Å²) in [7, 11) is 1.66. The maximum Gasteiger partial charge on any atom is 0.235 e. The number of carbonyl (C=O) groups excluding carboxylic acids is 1. The molecule has 1 saturated heterocycles. The van der Waals surface area contributed by atoms with Crippen molar-refractivity contribution in [1.29, 1.82) is 5.26 Å². The lowest BCUT2D eigenvalue weighted by atomic mass is 9.83. The number of amides is 1. The number of ether oxygens (including phenoxy) is 1. The van der Waals surface area contributed by atoms with Crippen molar-refractivity contribution in [3.05, 3.63) is 29.8 Å². The Hall–Kier alpha value is -2.06. The molecule has 3 rings (SSSR count). The van der Waals surface area contributed by atoms with Crippen molar-refractivity contribution in [3.63, 3.8) is 0 Å². The van der Waals surface area contributed by atoms with Gasteiger partial charge in [-0.15, -0.1) is 0 Å². The van der Waals surface area contributed by atoms with Gasteiger partial charge in [0.1, 0.15) is 11.3 Å². The Morgan fingerprint density at radius 3 is 2.64 bits per heavy atom. The van der Waals surface area contributed by atoms with E-state index in [4.69, 9.17) is 4.74 Å². The van der Waals surface area contributed by atoms with Gasteiger partial charge >= 0.3 is 0 Å². The Kier molecular flexibility index (Phi) is 5.60. The van der Waals surface area contributed by atoms with Crippen LogP contribution in [0.3, 0.4) is 0 Å². The Labute approximate surface area is 150 Å². The zero-order valence-corrected chi connectivity index (χ0v) is 15.0. The number of methoxy groups -OCH3 is 1. The normalized spacial score (nSPS) is 23.0. The summed E-state index contributed by atoms with van der Waals surface area (Å²) in [6, 6.07) is 10.7. The van der Waals surface area contributed by atoms with Crippen molar-refractivity contribution in [2.24, 2.45) is 0 Å². The number of carbonyl (C=O) groups is 1. The number of nitrogens with zero attached hydrogens (tertiary/aromatic N) is 2. The molecule has 25 heavy (non-hydrogen) atoms. The lowest BCUT2D eigenvalue weighted by Gasteiger charge is -2.33. The second kappa shape index (κ2) is 7.88. The maximum absolute atomic E-state index is 12.6. The molecule has 1 aliphatic heterocycles. The molecule has 1 aromatic rings. The molecule has 1 heterocycles. The van der Waals surface area contributed by atoms with Crippen LogP contribution in [0.1, 0.15) is 56.6 Å². The number of nitrogens with one attached hydrogen (secondary N) is 1. The van der Waals surface area contributed by atoms with Crippen molar-refractivity contribution in [3.8, 4) is 11.8 Å². The van der Waals surface area contributed by atoms with Crippen molar-refractivity contribution >= 4 is 5.91 Å². The fraction of sp³-hybridized carbons (Fsp3) is 0.600. The zero-order valence-electron chi connectivity index (χ0n) is 15.0. The second-order valence-corrected chi connectivity index (χ2v) is 7.20. The van der Waals surface area contributed by atoms with E-state index in [9.17, 15) is 10.1 Å². The molecule has 134 valence electrons. The molecule has 0 aromatic heterocycles. The van der Waals surface area contributed by atoms with Crippen LogP contribution in [-0.4, -0.2) is 36.5 Å². The smallest absolute Gasteiger partial charge is 0.235 e. The summed E-state index contributed by atoms with van der Waals surface area (Å²) in [4.78, 5) is 14.8. The van der Waals surface area contributed by atoms with E-state index >= 15 is 0 Å². The predicted molar refractivity (Wildman–Crippen MR) is 96.1 cm³/mol. The summed E-state index contributed by atoms with van der Waals surface area (Å²) in [5.74, 6) is 0.822. The van der Waals surface area contributed by atoms with Crippen molar-refractivity contribution < 1.29 is 9.53 Å². The Morgan fingerprint density at radius 1 is 1.28 bits per heavy atom. The van der Waals surface area contributed by atoms with Gasteiger partial charge in [0.05, 0.1) is 19.7 Å². The van der Waals surface area contributed by atoms with Gasteiger partial charge in [0.15, 0.2) is 0 Å². The van der Waals surface area contributed by atoms with Gasteiger partial charge in [-0.1, -0.05) is 31.4 Å². The standard InChI is InChI=1S/C20H27N3O2/c1-25-17-9-7-16(8-10-17)18-6-5-13-23(18)14-19(24)22-20(15-21)11-3-2-4-12-20/h7-10,18H,2-6,11-14H2,1H3,(H,22,24). The summed E-state index contributed by atoms with van der Waals surface area (Å²) < 4.78 is 5.22. The van der Waals surface area contributed by atoms with Gasteiger partial charge in [-0.25, -0.2) is 0 Å². The van der Waals surface area contributed by atoms with E-state index < -0.39 is 5.54 Å². The molecule has 1 unspecified atom stereocenters. The first-order chi connectivity index (χ1) is 12.2. The third kappa shape index (κ3) is 4.13. The number of likely N-dealkylation sites (tertiary alicyclic amines) is 1. The molecule has 1 atom stereocenters. The average Bonchev–Trinajstić information content (AvgIpc) is 3.10. The van der Waals surface area contributed by atoms with E-state index in [-0.39, 0.29) is 11.9 Å². The average molecular weight is 341 g/mol. The first-order valence-electron chi connectivity index (χ1n) is 9.26. The van der Waals surface area contributed by atoms with Crippen LogP contribution in [-0.2, 0) is 4.79 Å². The van der Waals surface area contributed by atoms with Gasteiger partial charge in [0.2, 0.25) is 5.91 Å². The van der Waals surface area contributed by atoms with E-state index in [1.165, 1.54) is 5.56 Å². The number of hydrogen-bond donors (Lipinski definition) is 1. The van der Waals surface area contributed by atoms with Gasteiger partial charge in [-0.3, -0.25) is 9.69 Å². The molecule has 0 spiro atoms. The molecule has 0 radical (unpaired) electrons. The van der Waals surface area contributed by atoms with Crippen LogP contribution in [0.5, 0.6) is 5.75 Å². The SMILES string of the molecule is COc1ccc(C2CCCN2CC(=O)NC2(C#N)CCCCC2)cc1. The minimum atomic E-state index is -0.648. The molecule has 5 heteroatoms. The first-order valence-corrected chi connectivity index (χ1v) is 9.26. The topological polar surface area (TPSA) is 65.4 Å². The van der Waals surface area contributed by atoms with Gasteiger partial charge in [-0.2, -0.15) is 5.26 Å². The number of rotatable bonds is 5. The van der Waals surface area contributed by atoms with Crippen LogP contribution in [0.4, 0.5) is 0 Å². The summed E-state index contributed by atoms with van der Waals surface area (Å²) in [5.41, 5.74) is 0.573. The minimum absolute atomic E-state index is 0.0242. The Balaban J connectivity index is 1.62. The number of nitriles is 1. The van der Waals surface area contributed by atoms with Crippen LogP contribution >= 0.6 is 0 Å². The minimum Gasteiger partial charge on any atom is -0.497 e. The van der Waals surface area contributed by atoms with Crippen molar-refractivity contribution in [1.82, 2.24) is 10.2 Å². The molecule has 2 aliphatic rings. The van der Waals surface area contributed by atoms with Crippen LogP contribution in [0.2, 0.25) is 0 Å². The fourth-order valence-corrected chi connectivity index (χ4v) is 4.13. The summed E-state index contributed by atoms with van der Waals surface area (Å²) >= 11 is 0. The highest BCUT2D eigenvalue weighted by Gasteiger charge is 2.35. The quantitative estimate of drug-likeness (QED) is 0.893. The molecule has 1 saturated carbocycles. The lowest BCUT2D eigenvalue weighted by molar-refractivity contribution is -0.124. The predicted octanol–water partition coefficient (Wildman–Crippen LogP) is 3.17. The van der Waals surface area contributed by atoms with Crippen LogP contribution in [0.25, 0.3) is 0 Å². The second-order valence-electron chi connectivity index (χ2n) is 7.20. The van der Waals surface area contributed by atoms with Crippen LogP contribution < -0.4 is 10.1 Å². The summed E-state index contributed by atoms with van der Waals surface area (Å²) in [6.07, 6.45) is 6.90. The fourth-order valence-electron chi connectivity index (χ4n) is 4.13. The molecule has 1 aromatic carbocycles. The summed E-state index contributed by atoms with van der Waals surface area (Å²) in [5, 5.41) is 12.6. The molecule has 5 nitrogen and oxygen atoms in total. The highest BCUT2D eigenvalue weighted by atomic mass is 16.5. The molecule has 1 amide bonds. The number of benzene rings is 1. The van der Waals surface area contributed by atoms with Gasteiger partial charge in [-0.05, 0) is 49.9 Å². The monoisotopic (exact) mass is 341 g/mol. The zero-order chi connectivity index (χ0) is 17.7. The van der Waals surface area contributed by atoms with E-state index in [0.29, 0.717) is 6.54 Å². The number of hydrogen-bond acceptors (Lipinski definition) is 4. The maximum atomic E-state index is 12.6. The Morgan fingerprint density at radius 2 is 2.00 bits per heavy atom. The third-order valence-electron chi connectivity index (χ3n) is 5.51. The highest BCUT2D eigenvalue weighted by Crippen LogP contribution is 2.33. The third-order valence-corrected chi connectivity index (χ3v) is 5.51. The first kappa shape index (κ1) is 17.8. The molecular formula is C20H27N3O2. The summed E-state index contributed by atoms with van der Waals surface area (Å²) in [6.45, 7) is 1.28. The molecule has 2 fully saturated rings. The van der Waals surface area contributed by atoms with E-state index in [0.717, 1.165) is 57.2 Å². The van der Waals surface area contributed by atoms with Crippen LogP contribution in [0, 0.1) is 11.3 Å². The van der Waals surface area contributed by atoms with Gasteiger partial charge in [0.25, 0.3) is 0 Å². The van der Waals surface area contributed by atoms with E-state index in [1.807, 2.05) is 12.1 Å². The molecular weight excluding hydrogens is 314 g/mol. The van der Waals surface area contributed by atoms with Crippen molar-refractivity contribution in [2.75, 3.05) is 20.2 Å². The van der Waals surface area contributed by atoms with E-state index in [2.05, 4.69) is 28.4 Å². The lowest BCUT2D eigenvalue weighted by Crippen LogP contribution is -2.51. The van der Waals surface area contributed by atoms with Gasteiger partial charge < -0.3 is 10.1 Å². The van der Waals surface area contributed by atoms with Gasteiger partial charge in [0, 0.05) is 6.04 Å². The molecule has 1 N–H and O–H groups in total. The molecule has 0 bridgehead atoms. The molecule has 1 aliphatic carbocycles. The highest BCUT2D eigenvalue weighted by molar-refractivity contribution is 5.79. The Bertz CT molecular complexity index is 629.